The monoisotopic (exact) mass is 302 g/mol. The van der Waals surface area contributed by atoms with Crippen LogP contribution in [0.2, 0.25) is 0 Å². The highest BCUT2D eigenvalue weighted by molar-refractivity contribution is 5.85. The van der Waals surface area contributed by atoms with Crippen molar-refractivity contribution in [3.05, 3.63) is 29.6 Å². The number of benzene rings is 1. The maximum Gasteiger partial charge on any atom is 0.165 e. The molecule has 3 nitrogen and oxygen atoms in total. The van der Waals surface area contributed by atoms with Gasteiger partial charge in [0.2, 0.25) is 0 Å². The topological polar surface area (TPSA) is 38.5 Å². The highest BCUT2D eigenvalue weighted by Gasteiger charge is 2.25. The SMILES string of the molecule is CCOc1ccc(CN2CCC(C(C)N)C2)cc1F.Cl. The third kappa shape index (κ3) is 4.33. The minimum atomic E-state index is -0.276. The Morgan fingerprint density at radius 3 is 2.80 bits per heavy atom. The van der Waals surface area contributed by atoms with E-state index >= 15 is 0 Å². The molecule has 2 rings (SSSR count). The van der Waals surface area contributed by atoms with Crippen molar-refractivity contribution >= 4 is 12.4 Å². The molecule has 2 atom stereocenters. The lowest BCUT2D eigenvalue weighted by molar-refractivity contribution is 0.305. The second kappa shape index (κ2) is 7.81. The van der Waals surface area contributed by atoms with E-state index in [1.165, 1.54) is 0 Å². The fourth-order valence-corrected chi connectivity index (χ4v) is 2.61. The van der Waals surface area contributed by atoms with Crippen molar-refractivity contribution in [1.29, 1.82) is 0 Å². The van der Waals surface area contributed by atoms with Gasteiger partial charge in [-0.25, -0.2) is 4.39 Å². The van der Waals surface area contributed by atoms with E-state index in [0.29, 0.717) is 18.3 Å². The molecule has 0 amide bonds. The predicted molar refractivity (Wildman–Crippen MR) is 81.9 cm³/mol. The third-order valence-corrected chi connectivity index (χ3v) is 3.75. The Balaban J connectivity index is 0.00000200. The molecule has 0 aromatic heterocycles. The summed E-state index contributed by atoms with van der Waals surface area (Å²) < 4.78 is 19.0. The second-order valence-electron chi connectivity index (χ2n) is 5.34. The van der Waals surface area contributed by atoms with E-state index in [1.807, 2.05) is 13.0 Å². The summed E-state index contributed by atoms with van der Waals surface area (Å²) in [5.41, 5.74) is 6.92. The van der Waals surface area contributed by atoms with E-state index in [2.05, 4.69) is 11.8 Å². The molecule has 0 saturated carbocycles. The van der Waals surface area contributed by atoms with Crippen LogP contribution in [0.25, 0.3) is 0 Å². The quantitative estimate of drug-likeness (QED) is 0.909. The zero-order chi connectivity index (χ0) is 13.8. The normalized spacial score (nSPS) is 20.5. The van der Waals surface area contributed by atoms with E-state index in [0.717, 1.165) is 31.6 Å². The first kappa shape index (κ1) is 17.2. The van der Waals surface area contributed by atoms with Gasteiger partial charge in [-0.15, -0.1) is 12.4 Å². The summed E-state index contributed by atoms with van der Waals surface area (Å²) in [7, 11) is 0. The van der Waals surface area contributed by atoms with E-state index in [4.69, 9.17) is 10.5 Å². The van der Waals surface area contributed by atoms with Crippen LogP contribution in [0.5, 0.6) is 5.75 Å². The fourth-order valence-electron chi connectivity index (χ4n) is 2.61. The number of nitrogens with two attached hydrogens (primary N) is 1. The fraction of sp³-hybridized carbons (Fsp3) is 0.600. The molecule has 2 N–H and O–H groups in total. The maximum atomic E-state index is 13.8. The van der Waals surface area contributed by atoms with Crippen LogP contribution < -0.4 is 10.5 Å². The molecule has 1 saturated heterocycles. The van der Waals surface area contributed by atoms with Crippen LogP contribution in [0.3, 0.4) is 0 Å². The molecule has 0 aliphatic carbocycles. The molecular weight excluding hydrogens is 279 g/mol. The molecule has 0 radical (unpaired) electrons. The Kier molecular flexibility index (Phi) is 6.72. The number of rotatable bonds is 5. The summed E-state index contributed by atoms with van der Waals surface area (Å²) in [4.78, 5) is 2.34. The van der Waals surface area contributed by atoms with Crippen LogP contribution in [-0.4, -0.2) is 30.6 Å². The van der Waals surface area contributed by atoms with Crippen molar-refractivity contribution in [2.45, 2.75) is 32.9 Å². The van der Waals surface area contributed by atoms with Crippen LogP contribution in [0.1, 0.15) is 25.8 Å². The average Bonchev–Trinajstić information content (AvgIpc) is 2.81. The number of hydrogen-bond acceptors (Lipinski definition) is 3. The van der Waals surface area contributed by atoms with Crippen molar-refractivity contribution < 1.29 is 9.13 Å². The zero-order valence-electron chi connectivity index (χ0n) is 12.1. The molecule has 1 aliphatic heterocycles. The molecule has 5 heteroatoms. The molecular formula is C15H24ClFN2O. The third-order valence-electron chi connectivity index (χ3n) is 3.75. The summed E-state index contributed by atoms with van der Waals surface area (Å²) in [6.07, 6.45) is 1.14. The molecule has 1 aromatic rings. The number of ether oxygens (including phenoxy) is 1. The molecule has 2 unspecified atom stereocenters. The van der Waals surface area contributed by atoms with Gasteiger partial charge in [0.1, 0.15) is 0 Å². The van der Waals surface area contributed by atoms with Crippen molar-refractivity contribution in [2.75, 3.05) is 19.7 Å². The number of likely N-dealkylation sites (tertiary alicyclic amines) is 1. The molecule has 1 fully saturated rings. The zero-order valence-corrected chi connectivity index (χ0v) is 13.0. The average molecular weight is 303 g/mol. The minimum Gasteiger partial charge on any atom is -0.491 e. The lowest BCUT2D eigenvalue weighted by Gasteiger charge is -2.18. The number of halogens is 2. The van der Waals surface area contributed by atoms with Gasteiger partial charge >= 0.3 is 0 Å². The van der Waals surface area contributed by atoms with Gasteiger partial charge in [-0.1, -0.05) is 6.07 Å². The first-order chi connectivity index (χ1) is 9.10. The van der Waals surface area contributed by atoms with Gasteiger partial charge in [0.25, 0.3) is 0 Å². The smallest absolute Gasteiger partial charge is 0.165 e. The molecule has 1 aromatic carbocycles. The summed E-state index contributed by atoms with van der Waals surface area (Å²) in [5, 5.41) is 0. The number of hydrogen-bond donors (Lipinski definition) is 1. The van der Waals surface area contributed by atoms with E-state index < -0.39 is 0 Å². The Bertz CT molecular complexity index is 428. The highest BCUT2D eigenvalue weighted by Crippen LogP contribution is 2.23. The molecule has 1 heterocycles. The molecule has 0 spiro atoms. The van der Waals surface area contributed by atoms with Crippen molar-refractivity contribution in [3.8, 4) is 5.75 Å². The van der Waals surface area contributed by atoms with Gasteiger partial charge < -0.3 is 10.5 Å². The Labute approximate surface area is 126 Å². The first-order valence-corrected chi connectivity index (χ1v) is 6.99. The highest BCUT2D eigenvalue weighted by atomic mass is 35.5. The molecule has 0 bridgehead atoms. The molecule has 20 heavy (non-hydrogen) atoms. The van der Waals surface area contributed by atoms with Crippen LogP contribution in [0.4, 0.5) is 4.39 Å². The van der Waals surface area contributed by atoms with Gasteiger partial charge in [0, 0.05) is 19.1 Å². The van der Waals surface area contributed by atoms with Crippen LogP contribution in [0, 0.1) is 11.7 Å². The summed E-state index contributed by atoms with van der Waals surface area (Å²) in [6, 6.07) is 5.46. The van der Waals surface area contributed by atoms with Crippen LogP contribution >= 0.6 is 12.4 Å². The van der Waals surface area contributed by atoms with Crippen LogP contribution in [0.15, 0.2) is 18.2 Å². The van der Waals surface area contributed by atoms with E-state index in [1.54, 1.807) is 12.1 Å². The van der Waals surface area contributed by atoms with Gasteiger partial charge in [-0.2, -0.15) is 0 Å². The largest absolute Gasteiger partial charge is 0.491 e. The predicted octanol–water partition coefficient (Wildman–Crippen LogP) is 2.82. The Morgan fingerprint density at radius 1 is 1.50 bits per heavy atom. The minimum absolute atomic E-state index is 0. The second-order valence-corrected chi connectivity index (χ2v) is 5.34. The first-order valence-electron chi connectivity index (χ1n) is 6.99. The van der Waals surface area contributed by atoms with E-state index in [9.17, 15) is 4.39 Å². The summed E-state index contributed by atoms with van der Waals surface area (Å²) in [6.45, 7) is 7.23. The lowest BCUT2D eigenvalue weighted by Crippen LogP contribution is -2.29. The Morgan fingerprint density at radius 2 is 2.25 bits per heavy atom. The van der Waals surface area contributed by atoms with Gasteiger partial charge in [-0.05, 0) is 50.4 Å². The molecule has 114 valence electrons. The summed E-state index contributed by atoms with van der Waals surface area (Å²) >= 11 is 0. The maximum absolute atomic E-state index is 13.8. The van der Waals surface area contributed by atoms with Gasteiger partial charge in [-0.3, -0.25) is 4.90 Å². The Hall–Kier alpha value is -0.840. The van der Waals surface area contributed by atoms with Crippen molar-refractivity contribution in [2.24, 2.45) is 11.7 Å². The standard InChI is InChI=1S/C15H23FN2O.ClH/c1-3-19-15-5-4-12(8-14(15)16)9-18-7-6-13(10-18)11(2)17;/h4-5,8,11,13H,3,6-7,9-10,17H2,1-2H3;1H. The number of nitrogens with zero attached hydrogens (tertiary/aromatic N) is 1. The van der Waals surface area contributed by atoms with Crippen molar-refractivity contribution in [3.63, 3.8) is 0 Å². The summed E-state index contributed by atoms with van der Waals surface area (Å²) in [5.74, 6) is 0.621. The van der Waals surface area contributed by atoms with Crippen molar-refractivity contribution in [1.82, 2.24) is 4.90 Å². The van der Waals surface area contributed by atoms with Gasteiger partial charge in [0.15, 0.2) is 11.6 Å². The van der Waals surface area contributed by atoms with Crippen LogP contribution in [-0.2, 0) is 6.54 Å². The lowest BCUT2D eigenvalue weighted by atomic mass is 10.0. The molecule has 1 aliphatic rings. The van der Waals surface area contributed by atoms with Gasteiger partial charge in [0.05, 0.1) is 6.61 Å². The van der Waals surface area contributed by atoms with E-state index in [-0.39, 0.29) is 24.3 Å².